The molecule has 8 nitrogen and oxygen atoms in total. The summed E-state index contributed by atoms with van der Waals surface area (Å²) in [5, 5.41) is 5.34. The zero-order valence-electron chi connectivity index (χ0n) is 15.3. The van der Waals surface area contributed by atoms with Crippen molar-refractivity contribution in [3.8, 4) is 0 Å². The van der Waals surface area contributed by atoms with Crippen molar-refractivity contribution < 1.29 is 18.0 Å². The molecule has 0 aliphatic rings. The van der Waals surface area contributed by atoms with Gasteiger partial charge in [-0.2, -0.15) is 0 Å². The molecule has 9 heteroatoms. The molecule has 0 aliphatic carbocycles. The predicted octanol–water partition coefficient (Wildman–Crippen LogP) is 1.84. The van der Waals surface area contributed by atoms with Crippen molar-refractivity contribution in [1.29, 1.82) is 0 Å². The van der Waals surface area contributed by atoms with E-state index in [0.717, 1.165) is 5.69 Å². The lowest BCUT2D eigenvalue weighted by Gasteiger charge is -2.13. The summed E-state index contributed by atoms with van der Waals surface area (Å²) in [6.07, 6.45) is 0. The fourth-order valence-corrected chi connectivity index (χ4v) is 3.03. The highest BCUT2D eigenvalue weighted by molar-refractivity contribution is 7.90. The van der Waals surface area contributed by atoms with Crippen LogP contribution in [0.25, 0.3) is 0 Å². The Morgan fingerprint density at radius 3 is 2.00 bits per heavy atom. The summed E-state index contributed by atoms with van der Waals surface area (Å²) in [6.45, 7) is 1.40. The van der Waals surface area contributed by atoms with Gasteiger partial charge >= 0.3 is 0 Å². The third-order valence-electron chi connectivity index (χ3n) is 3.57. The minimum absolute atomic E-state index is 0.195. The molecule has 144 valence electrons. The third kappa shape index (κ3) is 6.30. The van der Waals surface area contributed by atoms with E-state index in [2.05, 4.69) is 10.6 Å². The van der Waals surface area contributed by atoms with Gasteiger partial charge < -0.3 is 15.5 Å². The largest absolute Gasteiger partial charge is 0.378 e. The van der Waals surface area contributed by atoms with Crippen molar-refractivity contribution in [1.82, 2.24) is 4.72 Å². The summed E-state index contributed by atoms with van der Waals surface area (Å²) in [4.78, 5) is 25.0. The van der Waals surface area contributed by atoms with E-state index in [0.29, 0.717) is 11.4 Å². The normalized spacial score (nSPS) is 10.8. The van der Waals surface area contributed by atoms with E-state index < -0.39 is 21.8 Å². The number of rotatable bonds is 7. The number of carbonyl (C=O) groups is 2. The monoisotopic (exact) mass is 390 g/mol. The van der Waals surface area contributed by atoms with Gasteiger partial charge in [0.15, 0.2) is 0 Å². The van der Waals surface area contributed by atoms with Crippen molar-refractivity contribution in [2.24, 2.45) is 0 Å². The summed E-state index contributed by atoms with van der Waals surface area (Å²) in [5.41, 5.74) is 2.30. The standard InChI is InChI=1S/C18H22N4O4S/c1-13(23)20-16-8-6-15(7-9-16)19-12-27(25,26)21-18(24)14-4-10-17(11-5-14)22(2)3/h4-11,19H,12H2,1-3H3,(H,20,23)(H,21,24). The highest BCUT2D eigenvalue weighted by atomic mass is 32.2. The lowest BCUT2D eigenvalue weighted by Crippen LogP contribution is -2.34. The predicted molar refractivity (Wildman–Crippen MR) is 106 cm³/mol. The van der Waals surface area contributed by atoms with Crippen molar-refractivity contribution in [2.75, 3.05) is 35.5 Å². The molecule has 0 spiro atoms. The molecule has 2 aromatic rings. The summed E-state index contributed by atoms with van der Waals surface area (Å²) >= 11 is 0. The Morgan fingerprint density at radius 2 is 1.48 bits per heavy atom. The lowest BCUT2D eigenvalue weighted by atomic mass is 10.2. The molecule has 27 heavy (non-hydrogen) atoms. The van der Waals surface area contributed by atoms with Crippen LogP contribution in [0, 0.1) is 0 Å². The Morgan fingerprint density at radius 1 is 0.926 bits per heavy atom. The first-order valence-electron chi connectivity index (χ1n) is 8.10. The minimum atomic E-state index is -3.87. The minimum Gasteiger partial charge on any atom is -0.378 e. The second kappa shape index (κ2) is 8.54. The van der Waals surface area contributed by atoms with E-state index in [1.54, 1.807) is 48.5 Å². The maximum atomic E-state index is 12.1. The summed E-state index contributed by atoms with van der Waals surface area (Å²) < 4.78 is 26.3. The first-order valence-corrected chi connectivity index (χ1v) is 9.75. The molecule has 0 saturated carbocycles. The van der Waals surface area contributed by atoms with Gasteiger partial charge in [-0.05, 0) is 48.5 Å². The molecule has 0 atom stereocenters. The van der Waals surface area contributed by atoms with Crippen LogP contribution in [0.2, 0.25) is 0 Å². The molecule has 0 radical (unpaired) electrons. The Labute approximate surface area is 158 Å². The van der Waals surface area contributed by atoms with Crippen LogP contribution in [0.15, 0.2) is 48.5 Å². The van der Waals surface area contributed by atoms with Crippen LogP contribution in [0.3, 0.4) is 0 Å². The number of nitrogens with one attached hydrogen (secondary N) is 3. The van der Waals surface area contributed by atoms with Crippen molar-refractivity contribution in [3.05, 3.63) is 54.1 Å². The van der Waals surface area contributed by atoms with Crippen LogP contribution in [0.1, 0.15) is 17.3 Å². The van der Waals surface area contributed by atoms with Crippen LogP contribution in [0.5, 0.6) is 0 Å². The molecule has 0 saturated heterocycles. The highest BCUT2D eigenvalue weighted by Gasteiger charge is 2.16. The Hall–Kier alpha value is -3.07. The Bertz CT molecular complexity index is 907. The summed E-state index contributed by atoms with van der Waals surface area (Å²) in [5.74, 6) is -1.35. The molecule has 2 aromatic carbocycles. The molecule has 0 heterocycles. The van der Waals surface area contributed by atoms with Crippen LogP contribution in [-0.2, 0) is 14.8 Å². The van der Waals surface area contributed by atoms with Crippen LogP contribution >= 0.6 is 0 Å². The molecule has 0 aliphatic heterocycles. The van der Waals surface area contributed by atoms with Gasteiger partial charge in [-0.3, -0.25) is 9.59 Å². The smallest absolute Gasteiger partial charge is 0.264 e. The Kier molecular flexibility index (Phi) is 6.40. The van der Waals surface area contributed by atoms with Crippen LogP contribution in [-0.4, -0.2) is 40.2 Å². The van der Waals surface area contributed by atoms with Gasteiger partial charge in [0.1, 0.15) is 5.88 Å². The number of hydrogen-bond donors (Lipinski definition) is 3. The van der Waals surface area contributed by atoms with Crippen molar-refractivity contribution in [3.63, 3.8) is 0 Å². The van der Waals surface area contributed by atoms with E-state index in [1.807, 2.05) is 23.7 Å². The van der Waals surface area contributed by atoms with E-state index in [4.69, 9.17) is 0 Å². The molecule has 0 unspecified atom stereocenters. The molecule has 2 rings (SSSR count). The fourth-order valence-electron chi connectivity index (χ4n) is 2.20. The lowest BCUT2D eigenvalue weighted by molar-refractivity contribution is -0.114. The first kappa shape index (κ1) is 20.2. The van der Waals surface area contributed by atoms with E-state index in [9.17, 15) is 18.0 Å². The van der Waals surface area contributed by atoms with Gasteiger partial charge in [0.05, 0.1) is 0 Å². The molecule has 0 fully saturated rings. The van der Waals surface area contributed by atoms with E-state index >= 15 is 0 Å². The number of hydrogen-bond acceptors (Lipinski definition) is 6. The van der Waals surface area contributed by atoms with Gasteiger partial charge in [-0.25, -0.2) is 13.1 Å². The average molecular weight is 390 g/mol. The maximum absolute atomic E-state index is 12.1. The zero-order valence-corrected chi connectivity index (χ0v) is 16.1. The highest BCUT2D eigenvalue weighted by Crippen LogP contribution is 2.14. The van der Waals surface area contributed by atoms with Crippen LogP contribution in [0.4, 0.5) is 17.1 Å². The van der Waals surface area contributed by atoms with Gasteiger partial charge in [0.2, 0.25) is 5.91 Å². The molecular weight excluding hydrogens is 368 g/mol. The first-order chi connectivity index (χ1) is 12.7. The van der Waals surface area contributed by atoms with Crippen molar-refractivity contribution >= 4 is 38.9 Å². The van der Waals surface area contributed by atoms with Gasteiger partial charge in [0, 0.05) is 43.6 Å². The molecule has 0 bridgehead atoms. The average Bonchev–Trinajstić information content (AvgIpc) is 2.60. The molecule has 0 aromatic heterocycles. The number of carbonyl (C=O) groups excluding carboxylic acids is 2. The second-order valence-electron chi connectivity index (χ2n) is 6.07. The van der Waals surface area contributed by atoms with E-state index in [-0.39, 0.29) is 11.5 Å². The van der Waals surface area contributed by atoms with Crippen molar-refractivity contribution in [2.45, 2.75) is 6.92 Å². The van der Waals surface area contributed by atoms with Crippen LogP contribution < -0.4 is 20.3 Å². The van der Waals surface area contributed by atoms with Gasteiger partial charge in [-0.15, -0.1) is 0 Å². The summed E-state index contributed by atoms with van der Waals surface area (Å²) in [7, 11) is -0.136. The van der Waals surface area contributed by atoms with Gasteiger partial charge in [-0.1, -0.05) is 0 Å². The topological polar surface area (TPSA) is 108 Å². The van der Waals surface area contributed by atoms with E-state index in [1.165, 1.54) is 6.92 Å². The third-order valence-corrected chi connectivity index (χ3v) is 4.59. The quantitative estimate of drug-likeness (QED) is 0.666. The molecular formula is C18H22N4O4S. The number of anilines is 3. The number of amides is 2. The molecule has 2 amide bonds. The second-order valence-corrected chi connectivity index (χ2v) is 7.79. The zero-order chi connectivity index (χ0) is 20.0. The Balaban J connectivity index is 1.94. The number of nitrogens with zero attached hydrogens (tertiary/aromatic N) is 1. The number of benzene rings is 2. The summed E-state index contributed by atoms with van der Waals surface area (Å²) in [6, 6.07) is 13.1. The number of sulfonamides is 1. The van der Waals surface area contributed by atoms with Gasteiger partial charge in [0.25, 0.3) is 15.9 Å². The maximum Gasteiger partial charge on any atom is 0.264 e. The SMILES string of the molecule is CC(=O)Nc1ccc(NCS(=O)(=O)NC(=O)c2ccc(N(C)C)cc2)cc1. The fraction of sp³-hybridized carbons (Fsp3) is 0.222. The molecule has 3 N–H and O–H groups in total.